The molecule has 1 unspecified atom stereocenters. The summed E-state index contributed by atoms with van der Waals surface area (Å²) in [6.07, 6.45) is 0. The zero-order valence-electron chi connectivity index (χ0n) is 17.1. The summed E-state index contributed by atoms with van der Waals surface area (Å²) in [5.41, 5.74) is 2.29. The molecular formula is C21H26F2N3O4+. The van der Waals surface area contributed by atoms with E-state index in [1.165, 1.54) is 13.2 Å². The second-order valence-corrected chi connectivity index (χ2v) is 6.73. The summed E-state index contributed by atoms with van der Waals surface area (Å²) in [6, 6.07) is 11.7. The molecule has 2 amide bonds. The molecule has 1 atom stereocenters. The first-order valence-corrected chi connectivity index (χ1v) is 9.33. The third kappa shape index (κ3) is 7.00. The third-order valence-corrected chi connectivity index (χ3v) is 4.35. The summed E-state index contributed by atoms with van der Waals surface area (Å²) in [7, 11) is 4.83. The summed E-state index contributed by atoms with van der Waals surface area (Å²) in [5, 5.41) is 5.37. The molecule has 30 heavy (non-hydrogen) atoms. The van der Waals surface area contributed by atoms with Crippen molar-refractivity contribution < 1.29 is 32.7 Å². The Hall–Kier alpha value is -3.20. The molecule has 7 nitrogen and oxygen atoms in total. The molecule has 2 aromatic rings. The largest absolute Gasteiger partial charge is 0.493 e. The van der Waals surface area contributed by atoms with Crippen molar-refractivity contribution in [3.63, 3.8) is 0 Å². The number of hydrogen-bond donors (Lipinski definition) is 3. The molecule has 0 aliphatic carbocycles. The van der Waals surface area contributed by atoms with E-state index in [1.807, 2.05) is 19.2 Å². The summed E-state index contributed by atoms with van der Waals surface area (Å²) in [5.74, 6) is -0.187. The van der Waals surface area contributed by atoms with Crippen LogP contribution in [-0.4, -0.2) is 46.2 Å². The van der Waals surface area contributed by atoms with Gasteiger partial charge in [-0.1, -0.05) is 18.2 Å². The fourth-order valence-electron chi connectivity index (χ4n) is 2.88. The number of quaternary nitrogens is 1. The molecule has 0 spiro atoms. The summed E-state index contributed by atoms with van der Waals surface area (Å²) >= 11 is 0. The Bertz CT molecular complexity index is 860. The Balaban J connectivity index is 1.84. The summed E-state index contributed by atoms with van der Waals surface area (Å²) in [6.45, 7) is -1.84. The number of ether oxygens (including phenoxy) is 2. The van der Waals surface area contributed by atoms with Crippen LogP contribution in [0.3, 0.4) is 0 Å². The van der Waals surface area contributed by atoms with Crippen LogP contribution in [0.25, 0.3) is 0 Å². The smallest absolute Gasteiger partial charge is 0.387 e. The van der Waals surface area contributed by atoms with Gasteiger partial charge in [-0.15, -0.1) is 0 Å². The van der Waals surface area contributed by atoms with Crippen molar-refractivity contribution >= 4 is 11.8 Å². The number of rotatable bonds is 10. The summed E-state index contributed by atoms with van der Waals surface area (Å²) < 4.78 is 34.2. The topological polar surface area (TPSA) is 81.1 Å². The molecule has 0 bridgehead atoms. The Morgan fingerprint density at radius 3 is 2.33 bits per heavy atom. The van der Waals surface area contributed by atoms with Crippen LogP contribution in [-0.2, 0) is 17.9 Å². The lowest BCUT2D eigenvalue weighted by molar-refractivity contribution is -0.885. The minimum Gasteiger partial charge on any atom is -0.493 e. The first kappa shape index (κ1) is 23.1. The van der Waals surface area contributed by atoms with Crippen LogP contribution in [0.15, 0.2) is 42.5 Å². The molecule has 0 aliphatic rings. The van der Waals surface area contributed by atoms with Crippen LogP contribution in [0.4, 0.5) is 8.78 Å². The molecule has 0 aliphatic heterocycles. The van der Waals surface area contributed by atoms with Gasteiger partial charge in [-0.3, -0.25) is 9.59 Å². The van der Waals surface area contributed by atoms with Gasteiger partial charge < -0.3 is 25.0 Å². The molecule has 0 heterocycles. The number of amides is 2. The fraction of sp³-hybridized carbons (Fsp3) is 0.333. The molecule has 0 radical (unpaired) electrons. The quantitative estimate of drug-likeness (QED) is 0.534. The van der Waals surface area contributed by atoms with E-state index >= 15 is 0 Å². The fourth-order valence-corrected chi connectivity index (χ4v) is 2.88. The second kappa shape index (κ2) is 11.1. The standard InChI is InChI=1S/C21H25F2N3O4/c1-24-20(28)16-7-4-14(5-8-16)12-26(2)13-19(27)25-11-15-6-9-17(30-21(22)23)18(10-15)29-3/h4-10,21H,11-13H2,1-3H3,(H,24,28)(H,25,27)/p+1. The number of carbonyl (C=O) groups is 2. The minimum atomic E-state index is -2.94. The van der Waals surface area contributed by atoms with Gasteiger partial charge in [0, 0.05) is 24.7 Å². The van der Waals surface area contributed by atoms with Crippen LogP contribution in [0.1, 0.15) is 21.5 Å². The van der Waals surface area contributed by atoms with E-state index in [2.05, 4.69) is 15.4 Å². The van der Waals surface area contributed by atoms with Gasteiger partial charge in [0.15, 0.2) is 18.0 Å². The van der Waals surface area contributed by atoms with E-state index in [4.69, 9.17) is 4.74 Å². The lowest BCUT2D eigenvalue weighted by Crippen LogP contribution is -3.08. The molecular weight excluding hydrogens is 396 g/mol. The van der Waals surface area contributed by atoms with Crippen LogP contribution < -0.4 is 25.0 Å². The van der Waals surface area contributed by atoms with Crippen molar-refractivity contribution in [1.29, 1.82) is 0 Å². The van der Waals surface area contributed by atoms with E-state index in [1.54, 1.807) is 31.3 Å². The van der Waals surface area contributed by atoms with Crippen molar-refractivity contribution in [3.05, 3.63) is 59.2 Å². The van der Waals surface area contributed by atoms with Crippen LogP contribution in [0.2, 0.25) is 0 Å². The predicted molar refractivity (Wildman–Crippen MR) is 107 cm³/mol. The van der Waals surface area contributed by atoms with E-state index in [-0.39, 0.29) is 36.4 Å². The van der Waals surface area contributed by atoms with Crippen molar-refractivity contribution in [2.24, 2.45) is 0 Å². The van der Waals surface area contributed by atoms with E-state index in [9.17, 15) is 18.4 Å². The molecule has 0 saturated heterocycles. The average molecular weight is 422 g/mol. The van der Waals surface area contributed by atoms with Gasteiger partial charge in [-0.2, -0.15) is 8.78 Å². The zero-order valence-corrected chi connectivity index (χ0v) is 17.1. The number of methoxy groups -OCH3 is 1. The highest BCUT2D eigenvalue weighted by Gasteiger charge is 2.13. The van der Waals surface area contributed by atoms with Gasteiger partial charge in [0.2, 0.25) is 0 Å². The maximum absolute atomic E-state index is 12.4. The van der Waals surface area contributed by atoms with Gasteiger partial charge in [0.25, 0.3) is 11.8 Å². The number of carbonyl (C=O) groups excluding carboxylic acids is 2. The predicted octanol–water partition coefficient (Wildman–Crippen LogP) is 0.987. The van der Waals surface area contributed by atoms with Crippen molar-refractivity contribution in [1.82, 2.24) is 10.6 Å². The molecule has 2 rings (SSSR count). The van der Waals surface area contributed by atoms with Gasteiger partial charge in [0.1, 0.15) is 6.54 Å². The van der Waals surface area contributed by atoms with Crippen LogP contribution >= 0.6 is 0 Å². The molecule has 0 fully saturated rings. The first-order chi connectivity index (χ1) is 14.3. The Kier molecular flexibility index (Phi) is 8.54. The monoisotopic (exact) mass is 422 g/mol. The second-order valence-electron chi connectivity index (χ2n) is 6.73. The minimum absolute atomic E-state index is 0.0609. The molecule has 0 saturated carbocycles. The van der Waals surface area contributed by atoms with E-state index < -0.39 is 6.61 Å². The van der Waals surface area contributed by atoms with Gasteiger partial charge in [0.05, 0.1) is 14.2 Å². The van der Waals surface area contributed by atoms with E-state index in [0.717, 1.165) is 10.5 Å². The van der Waals surface area contributed by atoms with Crippen molar-refractivity contribution in [3.8, 4) is 11.5 Å². The molecule has 9 heteroatoms. The van der Waals surface area contributed by atoms with E-state index in [0.29, 0.717) is 17.7 Å². The van der Waals surface area contributed by atoms with Crippen LogP contribution in [0.5, 0.6) is 11.5 Å². The molecule has 0 aromatic heterocycles. The highest BCUT2D eigenvalue weighted by molar-refractivity contribution is 5.93. The Morgan fingerprint density at radius 2 is 1.73 bits per heavy atom. The Labute approximate surface area is 174 Å². The molecule has 2 aromatic carbocycles. The highest BCUT2D eigenvalue weighted by Crippen LogP contribution is 2.29. The van der Waals surface area contributed by atoms with Crippen molar-refractivity contribution in [2.75, 3.05) is 27.7 Å². The lowest BCUT2D eigenvalue weighted by atomic mass is 10.1. The first-order valence-electron chi connectivity index (χ1n) is 9.33. The number of benzene rings is 2. The van der Waals surface area contributed by atoms with Crippen molar-refractivity contribution in [2.45, 2.75) is 19.7 Å². The number of hydrogen-bond acceptors (Lipinski definition) is 4. The lowest BCUT2D eigenvalue weighted by Gasteiger charge is -2.15. The number of alkyl halides is 2. The average Bonchev–Trinajstić information content (AvgIpc) is 2.72. The number of halogens is 2. The molecule has 162 valence electrons. The highest BCUT2D eigenvalue weighted by atomic mass is 19.3. The zero-order chi connectivity index (χ0) is 22.1. The SMILES string of the molecule is CNC(=O)c1ccc(C[NH+](C)CC(=O)NCc2ccc(OC(F)F)c(OC)c2)cc1. The Morgan fingerprint density at radius 1 is 1.07 bits per heavy atom. The maximum atomic E-state index is 12.4. The van der Waals surface area contributed by atoms with Gasteiger partial charge in [-0.05, 0) is 29.8 Å². The third-order valence-electron chi connectivity index (χ3n) is 4.35. The van der Waals surface area contributed by atoms with Gasteiger partial charge in [-0.25, -0.2) is 0 Å². The normalized spacial score (nSPS) is 11.7. The number of likely N-dealkylation sites (N-methyl/N-ethyl adjacent to an activating group) is 1. The van der Waals surface area contributed by atoms with Gasteiger partial charge >= 0.3 is 6.61 Å². The van der Waals surface area contributed by atoms with Crippen LogP contribution in [0, 0.1) is 0 Å². The summed E-state index contributed by atoms with van der Waals surface area (Å²) in [4.78, 5) is 24.8. The molecule has 3 N–H and O–H groups in total. The maximum Gasteiger partial charge on any atom is 0.387 e. The number of nitrogens with one attached hydrogen (secondary N) is 3.